The molecule has 2 aromatic carbocycles. The molecule has 19 heavy (non-hydrogen) atoms. The van der Waals surface area contributed by atoms with Crippen molar-refractivity contribution in [1.82, 2.24) is 0 Å². The Morgan fingerprint density at radius 1 is 1.16 bits per heavy atom. The van der Waals surface area contributed by atoms with Crippen LogP contribution in [0.1, 0.15) is 12.0 Å². The van der Waals surface area contributed by atoms with Crippen LogP contribution in [0.2, 0.25) is 0 Å². The molecule has 0 aliphatic carbocycles. The van der Waals surface area contributed by atoms with Crippen molar-refractivity contribution in [1.29, 1.82) is 0 Å². The van der Waals surface area contributed by atoms with E-state index in [2.05, 4.69) is 21.2 Å². The third kappa shape index (κ3) is 4.48. The Bertz CT molecular complexity index is 569. The first kappa shape index (κ1) is 13.7. The van der Waals surface area contributed by atoms with Crippen LogP contribution in [0.4, 0.5) is 10.1 Å². The fraction of sp³-hybridized carbons (Fsp3) is 0.133. The van der Waals surface area contributed by atoms with Gasteiger partial charge >= 0.3 is 0 Å². The first-order valence-electron chi connectivity index (χ1n) is 5.93. The van der Waals surface area contributed by atoms with E-state index < -0.39 is 0 Å². The number of hydrogen-bond acceptors (Lipinski definition) is 1. The Labute approximate surface area is 119 Å². The van der Waals surface area contributed by atoms with Crippen molar-refractivity contribution in [3.05, 3.63) is 64.4 Å². The lowest BCUT2D eigenvalue weighted by Gasteiger charge is -2.05. The second kappa shape index (κ2) is 6.48. The summed E-state index contributed by atoms with van der Waals surface area (Å²) in [5, 5.41) is 2.82. The van der Waals surface area contributed by atoms with Gasteiger partial charge in [-0.2, -0.15) is 0 Å². The van der Waals surface area contributed by atoms with E-state index in [0.717, 1.165) is 15.7 Å². The van der Waals surface area contributed by atoms with Crippen LogP contribution in [0.15, 0.2) is 53.0 Å². The van der Waals surface area contributed by atoms with Crippen molar-refractivity contribution in [2.45, 2.75) is 12.8 Å². The number of carbonyl (C=O) groups is 1. The quantitative estimate of drug-likeness (QED) is 0.900. The molecule has 2 aromatic rings. The van der Waals surface area contributed by atoms with Gasteiger partial charge in [0, 0.05) is 16.6 Å². The lowest BCUT2D eigenvalue weighted by Crippen LogP contribution is -2.12. The Balaban J connectivity index is 1.86. The van der Waals surface area contributed by atoms with Crippen LogP contribution in [0.3, 0.4) is 0 Å². The minimum Gasteiger partial charge on any atom is -0.326 e. The predicted octanol–water partition coefficient (Wildman–Crippen LogP) is 4.16. The van der Waals surface area contributed by atoms with Gasteiger partial charge in [0.15, 0.2) is 0 Å². The number of amides is 1. The van der Waals surface area contributed by atoms with Crippen molar-refractivity contribution in [2.75, 3.05) is 5.32 Å². The van der Waals surface area contributed by atoms with Crippen molar-refractivity contribution < 1.29 is 9.18 Å². The Kier molecular flexibility index (Phi) is 4.68. The summed E-state index contributed by atoms with van der Waals surface area (Å²) < 4.78 is 13.6. The molecule has 0 atom stereocenters. The molecular weight excluding hydrogens is 309 g/mol. The molecule has 0 spiro atoms. The van der Waals surface area contributed by atoms with Gasteiger partial charge in [0.25, 0.3) is 0 Å². The highest BCUT2D eigenvalue weighted by Gasteiger charge is 2.03. The lowest BCUT2D eigenvalue weighted by molar-refractivity contribution is -0.116. The van der Waals surface area contributed by atoms with E-state index in [1.807, 2.05) is 24.3 Å². The van der Waals surface area contributed by atoms with Crippen LogP contribution in [0, 0.1) is 5.82 Å². The molecule has 0 bridgehead atoms. The maximum absolute atomic E-state index is 12.7. The third-order valence-corrected chi connectivity index (χ3v) is 3.16. The van der Waals surface area contributed by atoms with Gasteiger partial charge in [-0.1, -0.05) is 34.1 Å². The Hall–Kier alpha value is -1.68. The number of nitrogens with one attached hydrogen (secondary N) is 1. The lowest BCUT2D eigenvalue weighted by atomic mass is 10.1. The highest BCUT2D eigenvalue weighted by Crippen LogP contribution is 2.16. The molecule has 0 aliphatic heterocycles. The van der Waals surface area contributed by atoms with Gasteiger partial charge in [-0.15, -0.1) is 0 Å². The number of rotatable bonds is 4. The summed E-state index contributed by atoms with van der Waals surface area (Å²) in [6.45, 7) is 0. The zero-order valence-corrected chi connectivity index (χ0v) is 11.8. The standard InChI is InChI=1S/C15H13BrFNO/c16-12-2-1-3-14(10-12)18-15(19)9-6-11-4-7-13(17)8-5-11/h1-5,7-8,10H,6,9H2,(H,18,19). The summed E-state index contributed by atoms with van der Waals surface area (Å²) in [5.41, 5.74) is 1.71. The van der Waals surface area contributed by atoms with E-state index in [1.54, 1.807) is 12.1 Å². The number of anilines is 1. The van der Waals surface area contributed by atoms with Crippen LogP contribution in [-0.2, 0) is 11.2 Å². The maximum Gasteiger partial charge on any atom is 0.224 e. The van der Waals surface area contributed by atoms with Gasteiger partial charge in [0.1, 0.15) is 5.82 Å². The zero-order valence-electron chi connectivity index (χ0n) is 10.2. The maximum atomic E-state index is 12.7. The largest absolute Gasteiger partial charge is 0.326 e. The normalized spacial score (nSPS) is 10.2. The minimum absolute atomic E-state index is 0.0533. The molecule has 1 N–H and O–H groups in total. The molecule has 0 saturated carbocycles. The SMILES string of the molecule is O=C(CCc1ccc(F)cc1)Nc1cccc(Br)c1. The average Bonchev–Trinajstić information content (AvgIpc) is 2.38. The first-order valence-corrected chi connectivity index (χ1v) is 6.72. The average molecular weight is 322 g/mol. The number of hydrogen-bond donors (Lipinski definition) is 1. The van der Waals surface area contributed by atoms with Gasteiger partial charge in [0.2, 0.25) is 5.91 Å². The van der Waals surface area contributed by atoms with Crippen molar-refractivity contribution in [3.63, 3.8) is 0 Å². The van der Waals surface area contributed by atoms with Gasteiger partial charge in [0.05, 0.1) is 0 Å². The van der Waals surface area contributed by atoms with Crippen molar-refractivity contribution in [3.8, 4) is 0 Å². The van der Waals surface area contributed by atoms with Crippen molar-refractivity contribution in [2.24, 2.45) is 0 Å². The topological polar surface area (TPSA) is 29.1 Å². The molecule has 1 amide bonds. The number of benzene rings is 2. The molecular formula is C15H13BrFNO. The summed E-state index contributed by atoms with van der Waals surface area (Å²) in [5.74, 6) is -0.315. The summed E-state index contributed by atoms with van der Waals surface area (Å²) in [7, 11) is 0. The van der Waals surface area contributed by atoms with Crippen LogP contribution in [-0.4, -0.2) is 5.91 Å². The highest BCUT2D eigenvalue weighted by atomic mass is 79.9. The molecule has 4 heteroatoms. The molecule has 0 aromatic heterocycles. The number of carbonyl (C=O) groups excluding carboxylic acids is 1. The van der Waals surface area contributed by atoms with E-state index in [9.17, 15) is 9.18 Å². The highest BCUT2D eigenvalue weighted by molar-refractivity contribution is 9.10. The van der Waals surface area contributed by atoms with E-state index in [4.69, 9.17) is 0 Å². The van der Waals surface area contributed by atoms with Crippen LogP contribution in [0.5, 0.6) is 0 Å². The Morgan fingerprint density at radius 3 is 2.58 bits per heavy atom. The molecule has 0 heterocycles. The van der Waals surface area contributed by atoms with E-state index >= 15 is 0 Å². The van der Waals surface area contributed by atoms with Crippen LogP contribution in [0.25, 0.3) is 0 Å². The van der Waals surface area contributed by atoms with E-state index in [1.165, 1.54) is 12.1 Å². The summed E-state index contributed by atoms with van der Waals surface area (Å²) >= 11 is 3.35. The number of aryl methyl sites for hydroxylation is 1. The monoisotopic (exact) mass is 321 g/mol. The van der Waals surface area contributed by atoms with Gasteiger partial charge in [-0.05, 0) is 42.3 Å². The fourth-order valence-electron chi connectivity index (χ4n) is 1.70. The van der Waals surface area contributed by atoms with Crippen LogP contribution >= 0.6 is 15.9 Å². The second-order valence-corrected chi connectivity index (χ2v) is 5.10. The van der Waals surface area contributed by atoms with Gasteiger partial charge < -0.3 is 5.32 Å². The van der Waals surface area contributed by atoms with E-state index in [-0.39, 0.29) is 11.7 Å². The van der Waals surface area contributed by atoms with Gasteiger partial charge in [-0.3, -0.25) is 4.79 Å². The summed E-state index contributed by atoms with van der Waals surface area (Å²) in [6, 6.07) is 13.6. The predicted molar refractivity (Wildman–Crippen MR) is 77.5 cm³/mol. The minimum atomic E-state index is -0.262. The molecule has 0 saturated heterocycles. The molecule has 2 rings (SSSR count). The molecule has 0 unspecified atom stereocenters. The molecule has 0 fully saturated rings. The molecule has 0 aliphatic rings. The summed E-state index contributed by atoms with van der Waals surface area (Å²) in [6.07, 6.45) is 0.970. The molecule has 0 radical (unpaired) electrons. The number of halogens is 2. The fourth-order valence-corrected chi connectivity index (χ4v) is 2.10. The van der Waals surface area contributed by atoms with Gasteiger partial charge in [-0.25, -0.2) is 4.39 Å². The molecule has 2 nitrogen and oxygen atoms in total. The smallest absolute Gasteiger partial charge is 0.224 e. The zero-order chi connectivity index (χ0) is 13.7. The molecule has 98 valence electrons. The summed E-state index contributed by atoms with van der Waals surface area (Å²) in [4.78, 5) is 11.8. The Morgan fingerprint density at radius 2 is 1.89 bits per heavy atom. The second-order valence-electron chi connectivity index (χ2n) is 4.18. The third-order valence-electron chi connectivity index (χ3n) is 2.66. The van der Waals surface area contributed by atoms with Crippen molar-refractivity contribution >= 4 is 27.5 Å². The first-order chi connectivity index (χ1) is 9.13. The van der Waals surface area contributed by atoms with E-state index in [0.29, 0.717) is 12.8 Å². The van der Waals surface area contributed by atoms with Crippen LogP contribution < -0.4 is 5.32 Å².